The summed E-state index contributed by atoms with van der Waals surface area (Å²) in [5.41, 5.74) is 5.96. The second-order valence-electron chi connectivity index (χ2n) is 8.42. The Morgan fingerprint density at radius 1 is 1.03 bits per heavy atom. The highest BCUT2D eigenvalue weighted by Crippen LogP contribution is 2.51. The SMILES string of the molecule is Cc1ccc2c(c1)[C@@H]1[C@@H](CCC(=O)N1Cc1ccccc1)[C@@H](c1ccc(Cl)cc1)N2. The summed E-state index contributed by atoms with van der Waals surface area (Å²) in [6.45, 7) is 2.76. The molecule has 5 rings (SSSR count). The van der Waals surface area contributed by atoms with E-state index in [0.29, 0.717) is 18.9 Å². The molecule has 3 atom stereocenters. The van der Waals surface area contributed by atoms with Gasteiger partial charge in [0.25, 0.3) is 0 Å². The molecule has 1 saturated heterocycles. The molecular weight excluding hydrogens is 392 g/mol. The number of anilines is 1. The van der Waals surface area contributed by atoms with Crippen LogP contribution in [0, 0.1) is 12.8 Å². The first-order valence-corrected chi connectivity index (χ1v) is 10.9. The number of hydrogen-bond acceptors (Lipinski definition) is 2. The maximum absolute atomic E-state index is 13.1. The van der Waals surface area contributed by atoms with Gasteiger partial charge in [0.2, 0.25) is 5.91 Å². The molecule has 1 fully saturated rings. The first kappa shape index (κ1) is 19.2. The summed E-state index contributed by atoms with van der Waals surface area (Å²) < 4.78 is 0. The molecule has 3 aromatic carbocycles. The summed E-state index contributed by atoms with van der Waals surface area (Å²) in [6.07, 6.45) is 1.46. The number of halogens is 1. The number of benzene rings is 3. The predicted molar refractivity (Wildman–Crippen MR) is 121 cm³/mol. The highest BCUT2D eigenvalue weighted by molar-refractivity contribution is 6.30. The van der Waals surface area contributed by atoms with Gasteiger partial charge in [-0.25, -0.2) is 0 Å². The summed E-state index contributed by atoms with van der Waals surface area (Å²) >= 11 is 6.15. The van der Waals surface area contributed by atoms with Crippen molar-refractivity contribution in [3.63, 3.8) is 0 Å². The molecule has 3 aromatic rings. The molecule has 4 heteroatoms. The van der Waals surface area contributed by atoms with Crippen molar-refractivity contribution in [3.05, 3.63) is 100 Å². The van der Waals surface area contributed by atoms with E-state index < -0.39 is 0 Å². The quantitative estimate of drug-likeness (QED) is 0.543. The molecule has 2 aliphatic heterocycles. The Hall–Kier alpha value is -2.78. The van der Waals surface area contributed by atoms with Crippen LogP contribution in [0.2, 0.25) is 5.02 Å². The monoisotopic (exact) mass is 416 g/mol. The number of aryl methyl sites for hydroxylation is 1. The van der Waals surface area contributed by atoms with Gasteiger partial charge in [-0.15, -0.1) is 0 Å². The summed E-state index contributed by atoms with van der Waals surface area (Å²) in [6, 6.07) is 25.2. The molecule has 0 saturated carbocycles. The van der Waals surface area contributed by atoms with Gasteiger partial charge in [-0.2, -0.15) is 0 Å². The Balaban J connectivity index is 1.60. The molecule has 30 heavy (non-hydrogen) atoms. The van der Waals surface area contributed by atoms with Crippen molar-refractivity contribution < 1.29 is 4.79 Å². The van der Waals surface area contributed by atoms with Gasteiger partial charge in [-0.3, -0.25) is 4.79 Å². The Kier molecular flexibility index (Phi) is 5.00. The fourth-order valence-electron chi connectivity index (χ4n) is 5.03. The van der Waals surface area contributed by atoms with Crippen molar-refractivity contribution in [2.24, 2.45) is 5.92 Å². The van der Waals surface area contributed by atoms with Crippen LogP contribution in [0.3, 0.4) is 0 Å². The van der Waals surface area contributed by atoms with Gasteiger partial charge in [-0.1, -0.05) is 71.8 Å². The maximum Gasteiger partial charge on any atom is 0.223 e. The molecule has 0 aliphatic carbocycles. The Morgan fingerprint density at radius 2 is 1.80 bits per heavy atom. The second kappa shape index (κ2) is 7.81. The lowest BCUT2D eigenvalue weighted by Crippen LogP contribution is -2.47. The van der Waals surface area contributed by atoms with Crippen LogP contribution in [0.15, 0.2) is 72.8 Å². The molecular formula is C26H25ClN2O. The van der Waals surface area contributed by atoms with E-state index in [1.807, 2.05) is 30.3 Å². The van der Waals surface area contributed by atoms with Gasteiger partial charge in [0.15, 0.2) is 0 Å². The third-order valence-electron chi connectivity index (χ3n) is 6.44. The molecule has 0 aromatic heterocycles. The Labute approximate surface area is 182 Å². The van der Waals surface area contributed by atoms with E-state index in [1.165, 1.54) is 22.3 Å². The maximum atomic E-state index is 13.1. The second-order valence-corrected chi connectivity index (χ2v) is 8.86. The molecule has 0 bridgehead atoms. The number of nitrogens with one attached hydrogen (secondary N) is 1. The minimum atomic E-state index is 0.0586. The summed E-state index contributed by atoms with van der Waals surface area (Å²) in [4.78, 5) is 15.2. The fraction of sp³-hybridized carbons (Fsp3) is 0.269. The Bertz CT molecular complexity index is 1060. The van der Waals surface area contributed by atoms with Crippen LogP contribution in [0.25, 0.3) is 0 Å². The first-order chi connectivity index (χ1) is 14.6. The third-order valence-corrected chi connectivity index (χ3v) is 6.69. The van der Waals surface area contributed by atoms with E-state index in [0.717, 1.165) is 17.1 Å². The number of piperidine rings is 1. The van der Waals surface area contributed by atoms with E-state index in [4.69, 9.17) is 11.6 Å². The molecule has 0 spiro atoms. The molecule has 0 unspecified atom stereocenters. The zero-order valence-corrected chi connectivity index (χ0v) is 17.8. The van der Waals surface area contributed by atoms with Crippen LogP contribution in [0.4, 0.5) is 5.69 Å². The van der Waals surface area contributed by atoms with Crippen LogP contribution in [0.1, 0.15) is 47.2 Å². The van der Waals surface area contributed by atoms with E-state index in [-0.39, 0.29) is 18.0 Å². The standard InChI is InChI=1S/C26H25ClN2O/c1-17-7-13-23-22(15-17)26-21(25(28-23)19-8-10-20(27)11-9-19)12-14-24(30)29(26)16-18-5-3-2-4-6-18/h2-11,13,15,21,25-26,28H,12,14,16H2,1H3/t21-,25+,26-/m0/s1. The minimum absolute atomic E-state index is 0.0586. The van der Waals surface area contributed by atoms with Gasteiger partial charge in [0.1, 0.15) is 0 Å². The molecule has 0 radical (unpaired) electrons. The smallest absolute Gasteiger partial charge is 0.223 e. The van der Waals surface area contributed by atoms with Crippen LogP contribution >= 0.6 is 11.6 Å². The largest absolute Gasteiger partial charge is 0.378 e. The van der Waals surface area contributed by atoms with Crippen molar-refractivity contribution in [2.75, 3.05) is 5.32 Å². The van der Waals surface area contributed by atoms with E-state index in [9.17, 15) is 4.79 Å². The number of nitrogens with zero attached hydrogens (tertiary/aromatic N) is 1. The molecule has 1 amide bonds. The van der Waals surface area contributed by atoms with E-state index in [2.05, 4.69) is 59.6 Å². The van der Waals surface area contributed by atoms with Gasteiger partial charge >= 0.3 is 0 Å². The van der Waals surface area contributed by atoms with Crippen molar-refractivity contribution in [2.45, 2.75) is 38.4 Å². The van der Waals surface area contributed by atoms with Gasteiger partial charge in [0, 0.05) is 29.6 Å². The normalized spacial score (nSPS) is 22.8. The number of carbonyl (C=O) groups is 1. The predicted octanol–water partition coefficient (Wildman–Crippen LogP) is 6.30. The summed E-state index contributed by atoms with van der Waals surface area (Å²) in [5, 5.41) is 4.52. The summed E-state index contributed by atoms with van der Waals surface area (Å²) in [5.74, 6) is 0.547. The van der Waals surface area contributed by atoms with Crippen LogP contribution in [-0.4, -0.2) is 10.8 Å². The van der Waals surface area contributed by atoms with Gasteiger partial charge < -0.3 is 10.2 Å². The van der Waals surface area contributed by atoms with Crippen molar-refractivity contribution >= 4 is 23.2 Å². The number of carbonyl (C=O) groups excluding carboxylic acids is 1. The van der Waals surface area contributed by atoms with Gasteiger partial charge in [-0.05, 0) is 48.2 Å². The number of amides is 1. The molecule has 2 aliphatic rings. The summed E-state index contributed by atoms with van der Waals surface area (Å²) in [7, 11) is 0. The van der Waals surface area contributed by atoms with E-state index >= 15 is 0 Å². The number of fused-ring (bicyclic) bond motifs is 3. The molecule has 152 valence electrons. The van der Waals surface area contributed by atoms with Crippen LogP contribution in [-0.2, 0) is 11.3 Å². The van der Waals surface area contributed by atoms with Crippen molar-refractivity contribution in [3.8, 4) is 0 Å². The zero-order chi connectivity index (χ0) is 20.7. The zero-order valence-electron chi connectivity index (χ0n) is 17.0. The number of rotatable bonds is 3. The number of likely N-dealkylation sites (tertiary alicyclic amines) is 1. The van der Waals surface area contributed by atoms with Crippen molar-refractivity contribution in [1.29, 1.82) is 0 Å². The number of hydrogen-bond donors (Lipinski definition) is 1. The highest BCUT2D eigenvalue weighted by Gasteiger charge is 2.45. The first-order valence-electron chi connectivity index (χ1n) is 10.6. The molecule has 3 nitrogen and oxygen atoms in total. The van der Waals surface area contributed by atoms with Gasteiger partial charge in [0.05, 0.1) is 12.1 Å². The molecule has 2 heterocycles. The fourth-order valence-corrected chi connectivity index (χ4v) is 5.15. The third kappa shape index (κ3) is 3.48. The average Bonchev–Trinajstić information content (AvgIpc) is 2.76. The Morgan fingerprint density at radius 3 is 2.57 bits per heavy atom. The topological polar surface area (TPSA) is 32.3 Å². The van der Waals surface area contributed by atoms with Crippen LogP contribution < -0.4 is 5.32 Å². The minimum Gasteiger partial charge on any atom is -0.378 e. The lowest BCUT2D eigenvalue weighted by atomic mass is 9.74. The van der Waals surface area contributed by atoms with Crippen LogP contribution in [0.5, 0.6) is 0 Å². The van der Waals surface area contributed by atoms with E-state index in [1.54, 1.807) is 0 Å². The van der Waals surface area contributed by atoms with Crippen molar-refractivity contribution in [1.82, 2.24) is 4.90 Å². The molecule has 1 N–H and O–H groups in total. The lowest BCUT2D eigenvalue weighted by Gasteiger charge is -2.49. The highest BCUT2D eigenvalue weighted by atomic mass is 35.5. The average molecular weight is 417 g/mol. The lowest BCUT2D eigenvalue weighted by molar-refractivity contribution is -0.140.